The molecule has 0 aromatic carbocycles. The van der Waals surface area contributed by atoms with Gasteiger partial charge in [0.25, 0.3) is 0 Å². The van der Waals surface area contributed by atoms with Crippen LogP contribution in [-0.4, -0.2) is 11.7 Å². The third-order valence-electron chi connectivity index (χ3n) is 2.99. The highest BCUT2D eigenvalue weighted by molar-refractivity contribution is 4.96. The summed E-state index contributed by atoms with van der Waals surface area (Å²) < 4.78 is 5.89. The summed E-state index contributed by atoms with van der Waals surface area (Å²) in [5.74, 6) is 0.825. The summed E-state index contributed by atoms with van der Waals surface area (Å²) in [5, 5.41) is 8.60. The zero-order valence-corrected chi connectivity index (χ0v) is 7.55. The zero-order valence-electron chi connectivity index (χ0n) is 7.55. The molecule has 2 fully saturated rings. The standard InChI is InChI=1S/C10H15NO/c1-10(6-7-11)5-4-9(12-10)8-2-3-8/h8-9H,2-6H2,1H3. The Kier molecular flexibility index (Phi) is 1.84. The highest BCUT2D eigenvalue weighted by Crippen LogP contribution is 2.44. The average Bonchev–Trinajstić information content (AvgIpc) is 2.78. The minimum absolute atomic E-state index is 0.123. The van der Waals surface area contributed by atoms with Crippen molar-refractivity contribution in [3.8, 4) is 6.07 Å². The molecular formula is C10H15NO. The van der Waals surface area contributed by atoms with Crippen molar-refractivity contribution in [2.75, 3.05) is 0 Å². The Balaban J connectivity index is 1.91. The van der Waals surface area contributed by atoms with Crippen LogP contribution >= 0.6 is 0 Å². The van der Waals surface area contributed by atoms with E-state index < -0.39 is 0 Å². The van der Waals surface area contributed by atoms with Crippen molar-refractivity contribution >= 4 is 0 Å². The van der Waals surface area contributed by atoms with Crippen molar-refractivity contribution in [3.05, 3.63) is 0 Å². The minimum Gasteiger partial charge on any atom is -0.371 e. The zero-order chi connectivity index (χ0) is 8.60. The predicted molar refractivity (Wildman–Crippen MR) is 45.5 cm³/mol. The van der Waals surface area contributed by atoms with Gasteiger partial charge in [0.2, 0.25) is 0 Å². The molecule has 66 valence electrons. The van der Waals surface area contributed by atoms with Crippen molar-refractivity contribution in [3.63, 3.8) is 0 Å². The SMILES string of the molecule is CC1(CC#N)CCC(C2CC2)O1. The van der Waals surface area contributed by atoms with Gasteiger partial charge in [0.15, 0.2) is 0 Å². The molecule has 1 heterocycles. The highest BCUT2D eigenvalue weighted by Gasteiger charge is 2.42. The topological polar surface area (TPSA) is 33.0 Å². The number of ether oxygens (including phenoxy) is 1. The number of nitriles is 1. The first kappa shape index (κ1) is 8.07. The second-order valence-corrected chi connectivity index (χ2v) is 4.32. The molecule has 0 aromatic rings. The molecular weight excluding hydrogens is 150 g/mol. The maximum atomic E-state index is 8.60. The molecule has 0 bridgehead atoms. The van der Waals surface area contributed by atoms with Crippen LogP contribution in [0.4, 0.5) is 0 Å². The van der Waals surface area contributed by atoms with Gasteiger partial charge in [-0.1, -0.05) is 0 Å². The Hall–Kier alpha value is -0.550. The molecule has 0 amide bonds. The van der Waals surface area contributed by atoms with E-state index in [0.29, 0.717) is 12.5 Å². The maximum Gasteiger partial charge on any atom is 0.0788 e. The van der Waals surface area contributed by atoms with E-state index in [-0.39, 0.29) is 5.60 Å². The van der Waals surface area contributed by atoms with Crippen LogP contribution in [0.1, 0.15) is 39.0 Å². The molecule has 1 aliphatic heterocycles. The van der Waals surface area contributed by atoms with Crippen molar-refractivity contribution in [2.24, 2.45) is 5.92 Å². The van der Waals surface area contributed by atoms with Gasteiger partial charge < -0.3 is 4.74 Å². The summed E-state index contributed by atoms with van der Waals surface area (Å²) in [7, 11) is 0. The van der Waals surface area contributed by atoms with Crippen LogP contribution in [0.3, 0.4) is 0 Å². The predicted octanol–water partition coefficient (Wildman–Crippen LogP) is 2.25. The van der Waals surface area contributed by atoms with Crippen molar-refractivity contribution in [1.29, 1.82) is 5.26 Å². The fourth-order valence-corrected chi connectivity index (χ4v) is 2.03. The number of hydrogen-bond donors (Lipinski definition) is 0. The van der Waals surface area contributed by atoms with Gasteiger partial charge in [-0.15, -0.1) is 0 Å². The molecule has 1 saturated carbocycles. The highest BCUT2D eigenvalue weighted by atomic mass is 16.5. The lowest BCUT2D eigenvalue weighted by atomic mass is 9.99. The van der Waals surface area contributed by atoms with Gasteiger partial charge in [0.05, 0.1) is 24.2 Å². The molecule has 0 spiro atoms. The first-order chi connectivity index (χ1) is 5.73. The number of hydrogen-bond acceptors (Lipinski definition) is 2. The minimum atomic E-state index is -0.123. The fourth-order valence-electron chi connectivity index (χ4n) is 2.03. The lowest BCUT2D eigenvalue weighted by molar-refractivity contribution is -0.0335. The summed E-state index contributed by atoms with van der Waals surface area (Å²) in [6.07, 6.45) is 5.95. The molecule has 2 rings (SSSR count). The van der Waals surface area contributed by atoms with Crippen LogP contribution in [0.5, 0.6) is 0 Å². The Morgan fingerprint density at radius 2 is 2.25 bits per heavy atom. The van der Waals surface area contributed by atoms with E-state index >= 15 is 0 Å². The third-order valence-corrected chi connectivity index (χ3v) is 2.99. The summed E-state index contributed by atoms with van der Waals surface area (Å²) in [4.78, 5) is 0. The van der Waals surface area contributed by atoms with Gasteiger partial charge in [0, 0.05) is 0 Å². The quantitative estimate of drug-likeness (QED) is 0.628. The van der Waals surface area contributed by atoms with Crippen LogP contribution in [0, 0.1) is 17.2 Å². The number of nitrogens with zero attached hydrogens (tertiary/aromatic N) is 1. The van der Waals surface area contributed by atoms with Crippen molar-refractivity contribution in [2.45, 2.75) is 50.7 Å². The van der Waals surface area contributed by atoms with Crippen molar-refractivity contribution in [1.82, 2.24) is 0 Å². The first-order valence-corrected chi connectivity index (χ1v) is 4.78. The summed E-state index contributed by atoms with van der Waals surface area (Å²) in [6.45, 7) is 2.07. The first-order valence-electron chi connectivity index (χ1n) is 4.78. The molecule has 12 heavy (non-hydrogen) atoms. The van der Waals surface area contributed by atoms with Crippen LogP contribution in [0.15, 0.2) is 0 Å². The lowest BCUT2D eigenvalue weighted by Gasteiger charge is -2.21. The smallest absolute Gasteiger partial charge is 0.0788 e. The van der Waals surface area contributed by atoms with Gasteiger partial charge in [-0.2, -0.15) is 5.26 Å². The average molecular weight is 165 g/mol. The fraction of sp³-hybridized carbons (Fsp3) is 0.900. The molecule has 0 aromatic heterocycles. The molecule has 2 atom stereocenters. The van der Waals surface area contributed by atoms with E-state index in [2.05, 4.69) is 13.0 Å². The van der Waals surface area contributed by atoms with E-state index in [1.54, 1.807) is 0 Å². The van der Waals surface area contributed by atoms with Gasteiger partial charge in [-0.3, -0.25) is 0 Å². The van der Waals surface area contributed by atoms with Crippen LogP contribution in [0.2, 0.25) is 0 Å². The molecule has 2 heteroatoms. The van der Waals surface area contributed by atoms with Crippen LogP contribution in [-0.2, 0) is 4.74 Å². The molecule has 0 N–H and O–H groups in total. The van der Waals surface area contributed by atoms with Gasteiger partial charge in [-0.05, 0) is 38.5 Å². The number of rotatable bonds is 2. The Morgan fingerprint density at radius 3 is 2.83 bits per heavy atom. The monoisotopic (exact) mass is 165 g/mol. The Morgan fingerprint density at radius 1 is 1.50 bits per heavy atom. The van der Waals surface area contributed by atoms with E-state index in [9.17, 15) is 0 Å². The van der Waals surface area contributed by atoms with Gasteiger partial charge in [-0.25, -0.2) is 0 Å². The molecule has 2 aliphatic rings. The summed E-state index contributed by atoms with van der Waals surface area (Å²) >= 11 is 0. The summed E-state index contributed by atoms with van der Waals surface area (Å²) in [6, 6.07) is 2.21. The largest absolute Gasteiger partial charge is 0.371 e. The second-order valence-electron chi connectivity index (χ2n) is 4.32. The van der Waals surface area contributed by atoms with Gasteiger partial charge in [0.1, 0.15) is 0 Å². The Bertz CT molecular complexity index is 216. The Labute approximate surface area is 73.5 Å². The maximum absolute atomic E-state index is 8.60. The van der Waals surface area contributed by atoms with E-state index in [4.69, 9.17) is 10.00 Å². The normalized spacial score (nSPS) is 41.2. The molecule has 2 nitrogen and oxygen atoms in total. The second kappa shape index (κ2) is 2.74. The molecule has 1 saturated heterocycles. The van der Waals surface area contributed by atoms with Crippen molar-refractivity contribution < 1.29 is 4.74 Å². The van der Waals surface area contributed by atoms with Crippen LogP contribution < -0.4 is 0 Å². The third kappa shape index (κ3) is 1.47. The lowest BCUT2D eigenvalue weighted by Crippen LogP contribution is -2.24. The van der Waals surface area contributed by atoms with E-state index in [0.717, 1.165) is 12.3 Å². The molecule has 1 aliphatic carbocycles. The van der Waals surface area contributed by atoms with E-state index in [1.165, 1.54) is 19.3 Å². The molecule has 0 radical (unpaired) electrons. The van der Waals surface area contributed by atoms with Gasteiger partial charge >= 0.3 is 0 Å². The van der Waals surface area contributed by atoms with Crippen LogP contribution in [0.25, 0.3) is 0 Å². The summed E-state index contributed by atoms with van der Waals surface area (Å²) in [5.41, 5.74) is -0.123. The van der Waals surface area contributed by atoms with E-state index in [1.807, 2.05) is 0 Å². The molecule has 2 unspecified atom stereocenters.